The Morgan fingerprint density at radius 2 is 0.652 bits per heavy atom. The van der Waals surface area contributed by atoms with Crippen LogP contribution in [0.3, 0.4) is 0 Å². The maximum atomic E-state index is 2.46. The zero-order valence-corrected chi connectivity index (χ0v) is 28.9. The summed E-state index contributed by atoms with van der Waals surface area (Å²) in [5, 5.41) is 0. The maximum absolute atomic E-state index is 2.46. The van der Waals surface area contributed by atoms with E-state index in [4.69, 9.17) is 0 Å². The first-order valence-corrected chi connectivity index (χ1v) is 16.1. The fraction of sp³-hybridized carbons (Fsp3) is 0.308. The molecular weight excluding hydrogens is 566 g/mol. The Bertz CT molecular complexity index is 1740. The van der Waals surface area contributed by atoms with Crippen LogP contribution in [0.5, 0.6) is 0 Å². The topological polar surface area (TPSA) is 29.7 Å². The zero-order valence-electron chi connectivity index (χ0n) is 28.9. The van der Waals surface area contributed by atoms with Gasteiger partial charge >= 0.3 is 0 Å². The van der Waals surface area contributed by atoms with Gasteiger partial charge in [0.05, 0.1) is 0 Å². The highest BCUT2D eigenvalue weighted by molar-refractivity contribution is 5.50. The van der Waals surface area contributed by atoms with Crippen molar-refractivity contribution in [2.75, 3.05) is 0 Å². The van der Waals surface area contributed by atoms with Crippen molar-refractivity contribution in [1.29, 1.82) is 0 Å². The van der Waals surface area contributed by atoms with Gasteiger partial charge in [-0.2, -0.15) is 4.90 Å². The largest absolute Gasteiger partial charge is 0.250 e. The van der Waals surface area contributed by atoms with Gasteiger partial charge in [0.15, 0.2) is 20.0 Å². The molecule has 0 amide bonds. The van der Waals surface area contributed by atoms with E-state index in [1.54, 1.807) is 0 Å². The SMILES string of the molecule is Cc1cc(C)c(-n2cc[n+](CN(C[n+]3ccn(-c4c(C)cc(C)cc4C)c3)C[n+]3ccn(-c4c(C)cc(C)cc4C)c3)c2)c(C)c1. The molecule has 6 rings (SSSR count). The van der Waals surface area contributed by atoms with Crippen LogP contribution in [0, 0.1) is 62.3 Å². The molecule has 7 heteroatoms. The molecule has 3 heterocycles. The lowest BCUT2D eigenvalue weighted by Crippen LogP contribution is -2.54. The second-order valence-corrected chi connectivity index (χ2v) is 13.3. The van der Waals surface area contributed by atoms with Crippen LogP contribution in [-0.4, -0.2) is 18.6 Å². The van der Waals surface area contributed by atoms with Crippen molar-refractivity contribution in [3.05, 3.63) is 143 Å². The molecule has 236 valence electrons. The van der Waals surface area contributed by atoms with Gasteiger partial charge in [-0.05, 0) is 95.7 Å². The van der Waals surface area contributed by atoms with E-state index in [0.717, 1.165) is 20.0 Å². The molecule has 0 N–H and O–H groups in total. The third-order valence-electron chi connectivity index (χ3n) is 8.85. The van der Waals surface area contributed by atoms with Gasteiger partial charge in [-0.3, -0.25) is 0 Å². The Balaban J connectivity index is 1.30. The van der Waals surface area contributed by atoms with Gasteiger partial charge in [0.25, 0.3) is 0 Å². The minimum absolute atomic E-state index is 0.735. The van der Waals surface area contributed by atoms with Crippen LogP contribution in [0.2, 0.25) is 0 Å². The fourth-order valence-corrected chi connectivity index (χ4v) is 7.40. The number of aromatic nitrogens is 6. The number of hydrogen-bond donors (Lipinski definition) is 0. The number of benzene rings is 3. The summed E-state index contributed by atoms with van der Waals surface area (Å²) in [6, 6.07) is 13.6. The van der Waals surface area contributed by atoms with Crippen LogP contribution in [0.25, 0.3) is 17.1 Å². The Morgan fingerprint density at radius 1 is 0.413 bits per heavy atom. The van der Waals surface area contributed by atoms with E-state index >= 15 is 0 Å². The molecule has 6 aromatic rings. The van der Waals surface area contributed by atoms with Gasteiger partial charge in [0.1, 0.15) is 54.2 Å². The molecule has 0 radical (unpaired) electrons. The van der Waals surface area contributed by atoms with Crippen molar-refractivity contribution in [3.8, 4) is 17.1 Å². The third kappa shape index (κ3) is 6.46. The van der Waals surface area contributed by atoms with Gasteiger partial charge in [-0.15, -0.1) is 0 Å². The summed E-state index contributed by atoms with van der Waals surface area (Å²) in [7, 11) is 0. The minimum Gasteiger partial charge on any atom is -0.223 e. The summed E-state index contributed by atoms with van der Waals surface area (Å²) in [5.74, 6) is 0. The second kappa shape index (κ2) is 12.6. The monoisotopic (exact) mass is 614 g/mol. The molecule has 0 aliphatic carbocycles. The number of imidazole rings is 3. The van der Waals surface area contributed by atoms with Crippen LogP contribution in [0.1, 0.15) is 50.1 Å². The molecule has 7 nitrogen and oxygen atoms in total. The Morgan fingerprint density at radius 3 is 0.891 bits per heavy atom. The molecule has 0 aliphatic rings. The van der Waals surface area contributed by atoms with Crippen molar-refractivity contribution in [2.24, 2.45) is 0 Å². The number of nitrogens with zero attached hydrogens (tertiary/aromatic N) is 7. The average Bonchev–Trinajstić information content (AvgIpc) is 3.70. The Kier molecular flexibility index (Phi) is 8.53. The van der Waals surface area contributed by atoms with E-state index in [-0.39, 0.29) is 0 Å². The predicted molar refractivity (Wildman–Crippen MR) is 182 cm³/mol. The molecule has 0 unspecified atom stereocenters. The van der Waals surface area contributed by atoms with Crippen LogP contribution >= 0.6 is 0 Å². The predicted octanol–water partition coefficient (Wildman–Crippen LogP) is 6.27. The quantitative estimate of drug-likeness (QED) is 0.177. The third-order valence-corrected chi connectivity index (χ3v) is 8.85. The lowest BCUT2D eigenvalue weighted by Gasteiger charge is -2.16. The van der Waals surface area contributed by atoms with Crippen LogP contribution in [0.15, 0.2) is 92.6 Å². The molecular formula is C39H48N7+3. The molecule has 3 aromatic heterocycles. The Hall–Kier alpha value is -4.75. The van der Waals surface area contributed by atoms with E-state index in [1.165, 1.54) is 67.1 Å². The normalized spacial score (nSPS) is 11.6. The van der Waals surface area contributed by atoms with Crippen molar-refractivity contribution in [2.45, 2.75) is 82.3 Å². The molecule has 0 saturated carbocycles. The van der Waals surface area contributed by atoms with Gasteiger partial charge in [-0.1, -0.05) is 53.1 Å². The summed E-state index contributed by atoms with van der Waals surface area (Å²) in [4.78, 5) is 2.46. The summed E-state index contributed by atoms with van der Waals surface area (Å²) in [5.41, 5.74) is 15.4. The fourth-order valence-electron chi connectivity index (χ4n) is 7.40. The van der Waals surface area contributed by atoms with E-state index < -0.39 is 0 Å². The second-order valence-electron chi connectivity index (χ2n) is 13.3. The smallest absolute Gasteiger partial charge is 0.223 e. The lowest BCUT2D eigenvalue weighted by atomic mass is 10.1. The highest BCUT2D eigenvalue weighted by Gasteiger charge is 2.21. The molecule has 0 fully saturated rings. The summed E-state index contributed by atoms with van der Waals surface area (Å²) >= 11 is 0. The van der Waals surface area contributed by atoms with Gasteiger partial charge in [0, 0.05) is 0 Å². The van der Waals surface area contributed by atoms with E-state index in [2.05, 4.69) is 187 Å². The van der Waals surface area contributed by atoms with Crippen molar-refractivity contribution in [3.63, 3.8) is 0 Å². The standard InChI is InChI=1S/C39H48N7/c1-28-16-31(4)37(32(5)17-28)44-13-10-40(25-44)22-43(23-41-11-14-45(26-41)38-33(6)18-29(2)19-34(38)7)24-42-12-15-46(27-42)39-35(8)20-30(3)21-36(39)9/h10-21,25-27H,22-24H2,1-9H3/q+3. The van der Waals surface area contributed by atoms with Crippen LogP contribution in [-0.2, 0) is 20.0 Å². The first kappa shape index (κ1) is 31.2. The zero-order chi connectivity index (χ0) is 32.7. The van der Waals surface area contributed by atoms with Crippen molar-refractivity contribution >= 4 is 0 Å². The highest BCUT2D eigenvalue weighted by atomic mass is 15.4. The van der Waals surface area contributed by atoms with Gasteiger partial charge < -0.3 is 0 Å². The van der Waals surface area contributed by atoms with Crippen molar-refractivity contribution < 1.29 is 13.7 Å². The molecule has 0 spiro atoms. The lowest BCUT2D eigenvalue weighted by molar-refractivity contribution is -0.799. The van der Waals surface area contributed by atoms with E-state index in [1.807, 2.05) is 0 Å². The molecule has 0 saturated heterocycles. The first-order chi connectivity index (χ1) is 21.9. The Labute approximate surface area is 273 Å². The maximum Gasteiger partial charge on any atom is 0.250 e. The number of aryl methyl sites for hydroxylation is 9. The molecule has 46 heavy (non-hydrogen) atoms. The first-order valence-electron chi connectivity index (χ1n) is 16.1. The summed E-state index contributed by atoms with van der Waals surface area (Å²) < 4.78 is 13.6. The molecule has 0 aliphatic heterocycles. The van der Waals surface area contributed by atoms with Crippen LogP contribution < -0.4 is 13.7 Å². The van der Waals surface area contributed by atoms with Gasteiger partial charge in [0.2, 0.25) is 19.0 Å². The number of hydrogen-bond acceptors (Lipinski definition) is 1. The van der Waals surface area contributed by atoms with E-state index in [0.29, 0.717) is 0 Å². The van der Waals surface area contributed by atoms with Crippen LogP contribution in [0.4, 0.5) is 0 Å². The number of rotatable bonds is 9. The molecule has 0 bridgehead atoms. The molecule has 0 atom stereocenters. The van der Waals surface area contributed by atoms with Gasteiger partial charge in [-0.25, -0.2) is 27.4 Å². The van der Waals surface area contributed by atoms with Crippen molar-refractivity contribution in [1.82, 2.24) is 18.6 Å². The highest BCUT2D eigenvalue weighted by Crippen LogP contribution is 2.22. The minimum atomic E-state index is 0.735. The van der Waals surface area contributed by atoms with E-state index in [9.17, 15) is 0 Å². The summed E-state index contributed by atoms with van der Waals surface area (Å²) in [6.45, 7) is 21.9. The average molecular weight is 615 g/mol. The summed E-state index contributed by atoms with van der Waals surface area (Å²) in [6.07, 6.45) is 19.7. The molecule has 3 aromatic carbocycles.